The first-order valence-corrected chi connectivity index (χ1v) is 7.82. The van der Waals surface area contributed by atoms with E-state index in [1.54, 1.807) is 4.90 Å². The third-order valence-corrected chi connectivity index (χ3v) is 5.45. The van der Waals surface area contributed by atoms with Gasteiger partial charge in [-0.1, -0.05) is 43.4 Å². The summed E-state index contributed by atoms with van der Waals surface area (Å²) in [5.41, 5.74) is 1.48. The number of nitrogens with zero attached hydrogens (tertiary/aromatic N) is 2. The number of allylic oxidation sites excluding steroid dienone is 2. The second-order valence-corrected chi connectivity index (χ2v) is 6.78. The van der Waals surface area contributed by atoms with Gasteiger partial charge in [-0.05, 0) is 42.4 Å². The highest BCUT2D eigenvalue weighted by atomic mass is 16.2. The molecule has 110 valence electrons. The topological polar surface area (TPSA) is 44.1 Å². The van der Waals surface area contributed by atoms with E-state index in [0.29, 0.717) is 11.8 Å². The number of hydrogen-bond donors (Lipinski definition) is 0. The molecule has 1 aliphatic heterocycles. The smallest absolute Gasteiger partial charge is 0.234 e. The monoisotopic (exact) mass is 290 g/mol. The summed E-state index contributed by atoms with van der Waals surface area (Å²) >= 11 is 0. The van der Waals surface area contributed by atoms with Crippen molar-refractivity contribution in [2.45, 2.75) is 25.8 Å². The molecule has 0 spiro atoms. The van der Waals surface area contributed by atoms with Crippen LogP contribution >= 0.6 is 0 Å². The van der Waals surface area contributed by atoms with E-state index in [-0.39, 0.29) is 11.3 Å². The van der Waals surface area contributed by atoms with E-state index in [9.17, 15) is 10.1 Å². The Morgan fingerprint density at radius 3 is 2.82 bits per heavy atom. The fraction of sp³-hybridized carbons (Fsp3) is 0.368. The number of amides is 1. The van der Waals surface area contributed by atoms with Crippen LogP contribution in [0.5, 0.6) is 0 Å². The summed E-state index contributed by atoms with van der Waals surface area (Å²) < 4.78 is 0. The van der Waals surface area contributed by atoms with Crippen LogP contribution in [0, 0.1) is 28.6 Å². The van der Waals surface area contributed by atoms with Crippen LogP contribution in [0.4, 0.5) is 5.69 Å². The highest BCUT2D eigenvalue weighted by molar-refractivity contribution is 6.02. The highest BCUT2D eigenvalue weighted by Crippen LogP contribution is 2.53. The number of fused-ring (bicyclic) bond motifs is 3. The fourth-order valence-electron chi connectivity index (χ4n) is 4.23. The van der Waals surface area contributed by atoms with E-state index in [1.807, 2.05) is 36.4 Å². The zero-order chi connectivity index (χ0) is 15.3. The Morgan fingerprint density at radius 2 is 2.14 bits per heavy atom. The van der Waals surface area contributed by atoms with Crippen molar-refractivity contribution in [2.75, 3.05) is 4.90 Å². The van der Waals surface area contributed by atoms with Crippen molar-refractivity contribution in [1.82, 2.24) is 0 Å². The van der Waals surface area contributed by atoms with Crippen molar-refractivity contribution in [2.24, 2.45) is 17.3 Å². The molecular formula is C19H18N2O. The molecule has 3 heteroatoms. The van der Waals surface area contributed by atoms with E-state index in [4.69, 9.17) is 0 Å². The Kier molecular flexibility index (Phi) is 2.77. The van der Waals surface area contributed by atoms with Crippen molar-refractivity contribution in [3.63, 3.8) is 0 Å². The minimum absolute atomic E-state index is 0.0905. The molecule has 3 nitrogen and oxygen atoms in total. The van der Waals surface area contributed by atoms with E-state index in [2.05, 4.69) is 25.1 Å². The molecule has 1 fully saturated rings. The standard InChI is InChI=1S/C19H18N2O/c1-19(11-13-6-8-15(19)10-13)18(22)21-16(12-20)9-7-14-4-2-3-5-17(14)21/h2-9,13,15-16H,10-11H2,1H3/t13-,15+,16-,19+/m1/s1. The molecule has 1 amide bonds. The molecular weight excluding hydrogens is 272 g/mol. The third kappa shape index (κ3) is 1.70. The predicted octanol–water partition coefficient (Wildman–Crippen LogP) is 3.54. The lowest BCUT2D eigenvalue weighted by molar-refractivity contribution is -0.128. The number of hydrogen-bond acceptors (Lipinski definition) is 2. The van der Waals surface area contributed by atoms with Crippen molar-refractivity contribution in [1.29, 1.82) is 5.26 Å². The molecule has 1 saturated carbocycles. The van der Waals surface area contributed by atoms with Crippen LogP contribution in [0.3, 0.4) is 0 Å². The van der Waals surface area contributed by atoms with E-state index in [0.717, 1.165) is 24.1 Å². The molecule has 4 atom stereocenters. The summed E-state index contributed by atoms with van der Waals surface area (Å²) in [4.78, 5) is 15.1. The Bertz CT molecular complexity index is 742. The molecule has 3 aliphatic rings. The molecule has 0 saturated heterocycles. The number of carbonyl (C=O) groups excluding carboxylic acids is 1. The molecule has 4 rings (SSSR count). The quantitative estimate of drug-likeness (QED) is 0.742. The Labute approximate surface area is 130 Å². The zero-order valence-corrected chi connectivity index (χ0v) is 12.6. The second kappa shape index (κ2) is 4.58. The van der Waals surface area contributed by atoms with Gasteiger partial charge >= 0.3 is 0 Å². The SMILES string of the molecule is C[C@]1(C(=O)N2c3ccccc3C=C[C@@H]2C#N)C[C@@H]2C=C[C@H]1C2. The van der Waals surface area contributed by atoms with Crippen LogP contribution in [-0.4, -0.2) is 11.9 Å². The minimum atomic E-state index is -0.512. The van der Waals surface area contributed by atoms with Crippen molar-refractivity contribution < 1.29 is 4.79 Å². The van der Waals surface area contributed by atoms with Gasteiger partial charge in [0, 0.05) is 0 Å². The van der Waals surface area contributed by atoms with Gasteiger partial charge in [0.25, 0.3) is 0 Å². The van der Waals surface area contributed by atoms with Gasteiger partial charge < -0.3 is 0 Å². The van der Waals surface area contributed by atoms with E-state index in [1.165, 1.54) is 0 Å². The molecule has 0 unspecified atom stereocenters. The Hall–Kier alpha value is -2.34. The van der Waals surface area contributed by atoms with Gasteiger partial charge in [-0.2, -0.15) is 5.26 Å². The normalized spacial score (nSPS) is 34.5. The van der Waals surface area contributed by atoms with Crippen LogP contribution < -0.4 is 4.90 Å². The van der Waals surface area contributed by atoms with Gasteiger partial charge in [0.1, 0.15) is 6.04 Å². The lowest BCUT2D eigenvalue weighted by Crippen LogP contribution is -2.49. The first-order valence-electron chi connectivity index (χ1n) is 7.82. The van der Waals surface area contributed by atoms with Crippen LogP contribution in [0.25, 0.3) is 6.08 Å². The maximum atomic E-state index is 13.4. The van der Waals surface area contributed by atoms with Gasteiger partial charge in [0.05, 0.1) is 17.2 Å². The lowest BCUT2D eigenvalue weighted by Gasteiger charge is -2.39. The number of rotatable bonds is 1. The first-order chi connectivity index (χ1) is 10.6. The van der Waals surface area contributed by atoms with Crippen LogP contribution in [0.2, 0.25) is 0 Å². The molecule has 1 aromatic rings. The number of carbonyl (C=O) groups is 1. The Morgan fingerprint density at radius 1 is 1.32 bits per heavy atom. The van der Waals surface area contributed by atoms with E-state index < -0.39 is 6.04 Å². The van der Waals surface area contributed by atoms with Gasteiger partial charge in [-0.3, -0.25) is 9.69 Å². The average Bonchev–Trinajstić information content (AvgIpc) is 3.14. The largest absolute Gasteiger partial charge is 0.291 e. The fourth-order valence-corrected chi connectivity index (χ4v) is 4.23. The van der Waals surface area contributed by atoms with Gasteiger partial charge in [0.2, 0.25) is 5.91 Å². The molecule has 0 aromatic heterocycles. The van der Waals surface area contributed by atoms with Crippen LogP contribution in [0.1, 0.15) is 25.3 Å². The molecule has 0 N–H and O–H groups in total. The molecule has 2 aliphatic carbocycles. The molecule has 0 radical (unpaired) electrons. The number of nitriles is 1. The van der Waals surface area contributed by atoms with Crippen molar-refractivity contribution >= 4 is 17.7 Å². The summed E-state index contributed by atoms with van der Waals surface area (Å²) in [5, 5.41) is 9.49. The lowest BCUT2D eigenvalue weighted by atomic mass is 9.75. The molecule has 2 bridgehead atoms. The van der Waals surface area contributed by atoms with Gasteiger partial charge in [-0.25, -0.2) is 0 Å². The first kappa shape index (κ1) is 13.3. The number of anilines is 1. The summed E-state index contributed by atoms with van der Waals surface area (Å²) in [5.74, 6) is 0.921. The minimum Gasteiger partial charge on any atom is -0.291 e. The van der Waals surface area contributed by atoms with Crippen molar-refractivity contribution in [3.8, 4) is 6.07 Å². The zero-order valence-electron chi connectivity index (χ0n) is 12.6. The number of para-hydroxylation sites is 1. The van der Waals surface area contributed by atoms with Crippen molar-refractivity contribution in [3.05, 3.63) is 48.1 Å². The third-order valence-electron chi connectivity index (χ3n) is 5.45. The second-order valence-electron chi connectivity index (χ2n) is 6.78. The summed E-state index contributed by atoms with van der Waals surface area (Å²) in [7, 11) is 0. The number of benzene rings is 1. The van der Waals surface area contributed by atoms with E-state index >= 15 is 0 Å². The summed E-state index contributed by atoms with van der Waals surface area (Å²) in [6.45, 7) is 2.07. The predicted molar refractivity (Wildman–Crippen MR) is 85.8 cm³/mol. The summed E-state index contributed by atoms with van der Waals surface area (Å²) in [6, 6.07) is 9.56. The molecule has 22 heavy (non-hydrogen) atoms. The summed E-state index contributed by atoms with van der Waals surface area (Å²) in [6.07, 6.45) is 10.2. The molecule has 1 aromatic carbocycles. The average molecular weight is 290 g/mol. The van der Waals surface area contributed by atoms with Gasteiger partial charge in [0.15, 0.2) is 0 Å². The van der Waals surface area contributed by atoms with Crippen LogP contribution in [-0.2, 0) is 4.79 Å². The highest BCUT2D eigenvalue weighted by Gasteiger charge is 2.52. The maximum Gasteiger partial charge on any atom is 0.234 e. The molecule has 1 heterocycles. The van der Waals surface area contributed by atoms with Gasteiger partial charge in [-0.15, -0.1) is 0 Å². The van der Waals surface area contributed by atoms with Crippen LogP contribution in [0.15, 0.2) is 42.5 Å². The maximum absolute atomic E-state index is 13.4. The Balaban J connectivity index is 1.77.